The molecule has 12 heteroatoms. The number of rotatable bonds is 13. The van der Waals surface area contributed by atoms with Crippen molar-refractivity contribution in [2.24, 2.45) is 0 Å². The predicted molar refractivity (Wildman–Crippen MR) is 182 cm³/mol. The Balaban J connectivity index is 1.39. The monoisotopic (exact) mass is 631 g/mol. The quantitative estimate of drug-likeness (QED) is 0.146. The van der Waals surface area contributed by atoms with Crippen LogP contribution in [0.1, 0.15) is 31.0 Å². The Hall–Kier alpha value is -5.36. The van der Waals surface area contributed by atoms with Crippen LogP contribution >= 0.6 is 0 Å². The summed E-state index contributed by atoms with van der Waals surface area (Å²) in [5, 5.41) is 9.51. The van der Waals surface area contributed by atoms with Gasteiger partial charge in [0.1, 0.15) is 0 Å². The van der Waals surface area contributed by atoms with Gasteiger partial charge in [-0.1, -0.05) is 54.6 Å². The summed E-state index contributed by atoms with van der Waals surface area (Å²) in [6.07, 6.45) is 5.12. The van der Waals surface area contributed by atoms with Crippen molar-refractivity contribution in [3.63, 3.8) is 0 Å². The molecule has 11 nitrogen and oxygen atoms in total. The summed E-state index contributed by atoms with van der Waals surface area (Å²) >= 11 is 0. The summed E-state index contributed by atoms with van der Waals surface area (Å²) < 4.78 is 12.6. The second-order valence-electron chi connectivity index (χ2n) is 12.1. The molecule has 0 aliphatic heterocycles. The van der Waals surface area contributed by atoms with Gasteiger partial charge in [0.05, 0.1) is 0 Å². The number of para-hydroxylation sites is 1. The number of aromatic nitrogens is 3. The zero-order valence-electron chi connectivity index (χ0n) is 26.9. The number of anilines is 1. The fraction of sp³-hybridized carbons (Fsp3) is 0.257. The maximum absolute atomic E-state index is 13.8. The molecule has 240 valence electrons. The van der Waals surface area contributed by atoms with Crippen molar-refractivity contribution in [2.45, 2.75) is 37.9 Å². The van der Waals surface area contributed by atoms with E-state index in [-0.39, 0.29) is 24.6 Å². The van der Waals surface area contributed by atoms with Crippen LogP contribution in [-0.4, -0.2) is 76.4 Å². The zero-order chi connectivity index (χ0) is 33.6. The first-order valence-electron chi connectivity index (χ1n) is 15.3. The number of carbonyl (C=O) groups is 3. The summed E-state index contributed by atoms with van der Waals surface area (Å²) in [7, 11) is 4.06. The fourth-order valence-corrected chi connectivity index (χ4v) is 5.38. The minimum atomic E-state index is -1.11. The third-order valence-corrected chi connectivity index (χ3v) is 8.07. The van der Waals surface area contributed by atoms with Crippen LogP contribution in [0.4, 0.5) is 5.82 Å². The van der Waals surface area contributed by atoms with Crippen molar-refractivity contribution in [3.05, 3.63) is 109 Å². The first kappa shape index (κ1) is 33.0. The van der Waals surface area contributed by atoms with Crippen molar-refractivity contribution >= 4 is 41.6 Å². The molecular formula is C35H38BN7O4. The minimum absolute atomic E-state index is 0.0149. The van der Waals surface area contributed by atoms with Gasteiger partial charge in [0.15, 0.2) is 0 Å². The maximum atomic E-state index is 13.8. The van der Waals surface area contributed by atoms with Crippen molar-refractivity contribution in [1.29, 1.82) is 0 Å². The Labute approximate surface area is 274 Å². The Morgan fingerprint density at radius 3 is 2.34 bits per heavy atom. The molecular weight excluding hydrogens is 593 g/mol. The molecule has 0 saturated carbocycles. The van der Waals surface area contributed by atoms with Gasteiger partial charge in [-0.05, 0) is 16.7 Å². The molecule has 5 rings (SSSR count). The molecule has 2 atom stereocenters. The summed E-state index contributed by atoms with van der Waals surface area (Å²) in [4.78, 5) is 49.6. The molecule has 47 heavy (non-hydrogen) atoms. The molecule has 3 aromatic carbocycles. The number of nitrogens with one attached hydrogen (secondary N) is 4. The number of benzene rings is 3. The Bertz CT molecular complexity index is 1870. The first-order valence-corrected chi connectivity index (χ1v) is 15.3. The molecule has 2 unspecified atom stereocenters. The number of carbonyl (C=O) groups excluding carboxylic acids is 3. The number of amides is 3. The standard InChI is InChI=1S/C35H38BN7O4/c1-35(2,39-21-36-47)34(46)40-29(18-26-19-37-28-13-9-8-12-27(26)28)32(44)41-30-20-43(22-38-30)31(33(45)42(3)4)25-16-14-24(15-17-25)23-10-6-5-7-11-23/h5-17,19-20,22,29,31,37,39H,18,21H2,1-4H3,(H,40,46)(H,41,44). The molecule has 0 radical (unpaired) electrons. The van der Waals surface area contributed by atoms with E-state index in [0.29, 0.717) is 7.15 Å². The molecule has 4 N–H and O–H groups in total. The second kappa shape index (κ2) is 14.4. The van der Waals surface area contributed by atoms with Crippen molar-refractivity contribution in [1.82, 2.24) is 30.1 Å². The van der Waals surface area contributed by atoms with Gasteiger partial charge in [-0.2, -0.15) is 0 Å². The molecule has 0 fully saturated rings. The molecule has 0 bridgehead atoms. The van der Waals surface area contributed by atoms with Gasteiger partial charge in [0.25, 0.3) is 0 Å². The molecule has 3 amide bonds. The number of hydrogen-bond donors (Lipinski definition) is 4. The number of imidazole rings is 1. The number of H-pyrrole nitrogens is 1. The van der Waals surface area contributed by atoms with E-state index in [1.807, 2.05) is 85.1 Å². The summed E-state index contributed by atoms with van der Waals surface area (Å²) in [5.74, 6) is -0.866. The van der Waals surface area contributed by atoms with E-state index in [1.54, 1.807) is 38.7 Å². The molecule has 0 spiro atoms. The van der Waals surface area contributed by atoms with Gasteiger partial charge in [0.2, 0.25) is 5.91 Å². The van der Waals surface area contributed by atoms with Crippen LogP contribution in [0.5, 0.6) is 0 Å². The van der Waals surface area contributed by atoms with E-state index >= 15 is 0 Å². The zero-order valence-corrected chi connectivity index (χ0v) is 26.9. The van der Waals surface area contributed by atoms with Crippen molar-refractivity contribution < 1.29 is 19.1 Å². The molecule has 2 heterocycles. The fourth-order valence-electron chi connectivity index (χ4n) is 5.38. The number of aromatic amines is 1. The predicted octanol–water partition coefficient (Wildman–Crippen LogP) is 3.75. The van der Waals surface area contributed by atoms with Crippen molar-refractivity contribution in [3.8, 4) is 11.1 Å². The van der Waals surface area contributed by atoms with Gasteiger partial charge < -0.3 is 4.90 Å². The summed E-state index contributed by atoms with van der Waals surface area (Å²) in [6.45, 7) is 3.28. The molecule has 0 aliphatic carbocycles. The molecule has 0 saturated heterocycles. The van der Waals surface area contributed by atoms with E-state index in [9.17, 15) is 19.1 Å². The molecule has 5 aromatic rings. The Morgan fingerprint density at radius 2 is 1.64 bits per heavy atom. The van der Waals surface area contributed by atoms with E-state index in [0.717, 1.165) is 33.2 Å². The van der Waals surface area contributed by atoms with Crippen LogP contribution in [0.3, 0.4) is 0 Å². The van der Waals surface area contributed by atoms with E-state index in [1.165, 1.54) is 11.2 Å². The summed E-state index contributed by atoms with van der Waals surface area (Å²) in [5.41, 5.74) is 3.50. The average molecular weight is 632 g/mol. The number of likely N-dealkylation sites (N-methyl/N-ethyl adjacent to an activating group) is 1. The van der Waals surface area contributed by atoms with Gasteiger partial charge in [0, 0.05) is 14.1 Å². The van der Waals surface area contributed by atoms with Crippen molar-refractivity contribution in [2.75, 3.05) is 25.9 Å². The number of nitrogens with zero attached hydrogens (tertiary/aromatic N) is 3. The van der Waals surface area contributed by atoms with Crippen LogP contribution in [0.25, 0.3) is 22.0 Å². The van der Waals surface area contributed by atoms with Gasteiger partial charge in [-0.25, -0.2) is 0 Å². The second-order valence-corrected chi connectivity index (χ2v) is 12.1. The number of fused-ring (bicyclic) bond motifs is 1. The van der Waals surface area contributed by atoms with Crippen LogP contribution in [-0.2, 0) is 25.5 Å². The third-order valence-electron chi connectivity index (χ3n) is 8.07. The van der Waals surface area contributed by atoms with Crippen LogP contribution < -0.4 is 16.0 Å². The van der Waals surface area contributed by atoms with E-state index in [2.05, 4.69) is 25.9 Å². The third kappa shape index (κ3) is 7.72. The van der Waals surface area contributed by atoms with Crippen LogP contribution in [0, 0.1) is 0 Å². The molecule has 0 aliphatic rings. The normalized spacial score (nSPS) is 12.6. The van der Waals surface area contributed by atoms with E-state index < -0.39 is 29.4 Å². The first-order chi connectivity index (χ1) is 22.6. The molecule has 2 aromatic heterocycles. The average Bonchev–Trinajstić information content (AvgIpc) is 3.71. The van der Waals surface area contributed by atoms with Gasteiger partial charge >= 0.3 is 173 Å². The van der Waals surface area contributed by atoms with Gasteiger partial charge in [-0.3, -0.25) is 4.79 Å². The number of hydrogen-bond acceptors (Lipinski definition) is 6. The SMILES string of the molecule is CN(C)C(=O)C(c1ccc(-c2ccccc2)cc1)n1cnc(NC(=O)C(Cc2c[nH]c3ccccc23)NC(=O)C(C)(C)NCB=O)c1. The Kier molecular flexibility index (Phi) is 10.1. The van der Waals surface area contributed by atoms with Crippen LogP contribution in [0.15, 0.2) is 97.6 Å². The van der Waals surface area contributed by atoms with E-state index in [4.69, 9.17) is 0 Å². The van der Waals surface area contributed by atoms with Gasteiger partial charge in [-0.15, -0.1) is 0 Å². The van der Waals surface area contributed by atoms with Crippen LogP contribution in [0.2, 0.25) is 0 Å². The topological polar surface area (TPSA) is 141 Å². The summed E-state index contributed by atoms with van der Waals surface area (Å²) in [6, 6.07) is 23.8. The Morgan fingerprint density at radius 1 is 0.957 bits per heavy atom.